The Bertz CT molecular complexity index is 206. The van der Waals surface area contributed by atoms with Crippen LogP contribution in [0.1, 0.15) is 6.92 Å². The fourth-order valence-corrected chi connectivity index (χ4v) is 2.52. The smallest absolute Gasteiger partial charge is 0.0932 e. The number of hydrogen-bond acceptors (Lipinski definition) is 5. The summed E-state index contributed by atoms with van der Waals surface area (Å²) >= 11 is 0. The van der Waals surface area contributed by atoms with E-state index < -0.39 is 0 Å². The number of morpholine rings is 2. The van der Waals surface area contributed by atoms with Crippen molar-refractivity contribution in [2.24, 2.45) is 0 Å². The summed E-state index contributed by atoms with van der Waals surface area (Å²) in [6.07, 6.45) is 0.288. The summed E-state index contributed by atoms with van der Waals surface area (Å²) in [5.74, 6) is 0. The quantitative estimate of drug-likeness (QED) is 0.715. The van der Waals surface area contributed by atoms with E-state index in [4.69, 9.17) is 14.6 Å². The highest BCUT2D eigenvalue weighted by Gasteiger charge is 2.25. The maximum absolute atomic E-state index is 9.10. The van der Waals surface area contributed by atoms with Gasteiger partial charge in [0.15, 0.2) is 0 Å². The van der Waals surface area contributed by atoms with E-state index in [2.05, 4.69) is 16.7 Å². The van der Waals surface area contributed by atoms with Crippen molar-refractivity contribution in [3.8, 4) is 0 Å². The van der Waals surface area contributed by atoms with Gasteiger partial charge in [0, 0.05) is 32.7 Å². The fraction of sp³-hybridized carbons (Fsp3) is 1.00. The maximum Gasteiger partial charge on any atom is 0.0932 e. The Labute approximate surface area is 103 Å². The molecule has 0 spiro atoms. The maximum atomic E-state index is 9.10. The molecule has 0 aromatic heterocycles. The predicted octanol–water partition coefficient (Wildman–Crippen LogP) is -0.600. The van der Waals surface area contributed by atoms with Crippen LogP contribution >= 0.6 is 0 Å². The van der Waals surface area contributed by atoms with Gasteiger partial charge in [0.25, 0.3) is 0 Å². The van der Waals surface area contributed by atoms with Crippen molar-refractivity contribution in [3.05, 3.63) is 0 Å². The molecule has 100 valence electrons. The molecule has 0 saturated carbocycles. The lowest BCUT2D eigenvalue weighted by atomic mass is 10.2. The number of aliphatic hydroxyl groups excluding tert-OH is 1. The first kappa shape index (κ1) is 13.2. The van der Waals surface area contributed by atoms with E-state index in [1.54, 1.807) is 0 Å². The summed E-state index contributed by atoms with van der Waals surface area (Å²) in [5.41, 5.74) is 0. The molecule has 0 aromatic carbocycles. The first-order chi connectivity index (χ1) is 8.31. The lowest BCUT2D eigenvalue weighted by molar-refractivity contribution is -0.0839. The largest absolute Gasteiger partial charge is 0.394 e. The molecule has 2 rings (SSSR count). The monoisotopic (exact) mass is 244 g/mol. The van der Waals surface area contributed by atoms with E-state index in [0.29, 0.717) is 6.10 Å². The molecule has 2 aliphatic heterocycles. The summed E-state index contributed by atoms with van der Waals surface area (Å²) in [5, 5.41) is 9.10. The van der Waals surface area contributed by atoms with Crippen LogP contribution < -0.4 is 0 Å². The minimum absolute atomic E-state index is 0.0189. The molecule has 0 aliphatic carbocycles. The molecule has 2 aliphatic rings. The molecule has 5 nitrogen and oxygen atoms in total. The van der Waals surface area contributed by atoms with Gasteiger partial charge in [-0.1, -0.05) is 6.92 Å². The molecule has 0 bridgehead atoms. The van der Waals surface area contributed by atoms with Gasteiger partial charge in [-0.2, -0.15) is 0 Å². The number of aliphatic hydroxyl groups is 1. The van der Waals surface area contributed by atoms with Gasteiger partial charge < -0.3 is 14.6 Å². The second kappa shape index (κ2) is 6.66. The summed E-state index contributed by atoms with van der Waals surface area (Å²) in [6, 6.07) is 0. The van der Waals surface area contributed by atoms with Gasteiger partial charge in [-0.05, 0) is 6.54 Å². The topological polar surface area (TPSA) is 45.2 Å². The zero-order valence-corrected chi connectivity index (χ0v) is 10.7. The van der Waals surface area contributed by atoms with Gasteiger partial charge in [0.2, 0.25) is 0 Å². The Hall–Kier alpha value is -0.200. The highest BCUT2D eigenvalue weighted by Crippen LogP contribution is 2.10. The molecule has 17 heavy (non-hydrogen) atoms. The molecule has 1 N–H and O–H groups in total. The molecule has 2 atom stereocenters. The standard InChI is InChI=1S/C12H24N2O3/c1-2-13-3-5-16-11(7-13)8-14-4-6-17-12(9-14)10-15/h11-12,15H,2-10H2,1H3. The van der Waals surface area contributed by atoms with Gasteiger partial charge in [0.1, 0.15) is 0 Å². The van der Waals surface area contributed by atoms with Crippen LogP contribution in [0.4, 0.5) is 0 Å². The third-order valence-corrected chi connectivity index (χ3v) is 3.56. The van der Waals surface area contributed by atoms with Crippen LogP contribution in [0.3, 0.4) is 0 Å². The SMILES string of the molecule is CCN1CCOC(CN2CCOC(CO)C2)C1. The second-order valence-corrected chi connectivity index (χ2v) is 4.82. The summed E-state index contributed by atoms with van der Waals surface area (Å²) in [6.45, 7) is 9.76. The Balaban J connectivity index is 1.75. The van der Waals surface area contributed by atoms with Gasteiger partial charge in [-0.15, -0.1) is 0 Å². The lowest BCUT2D eigenvalue weighted by Gasteiger charge is -2.38. The molecule has 2 unspecified atom stereocenters. The fourth-order valence-electron chi connectivity index (χ4n) is 2.52. The predicted molar refractivity (Wildman–Crippen MR) is 65.1 cm³/mol. The van der Waals surface area contributed by atoms with Gasteiger partial charge >= 0.3 is 0 Å². The van der Waals surface area contributed by atoms with Crippen LogP contribution in [0, 0.1) is 0 Å². The average Bonchev–Trinajstić information content (AvgIpc) is 2.39. The van der Waals surface area contributed by atoms with Gasteiger partial charge in [0.05, 0.1) is 32.0 Å². The number of hydrogen-bond donors (Lipinski definition) is 1. The average molecular weight is 244 g/mol. The molecule has 2 saturated heterocycles. The summed E-state index contributed by atoms with van der Waals surface area (Å²) < 4.78 is 11.2. The Morgan fingerprint density at radius 2 is 1.71 bits per heavy atom. The molecular weight excluding hydrogens is 220 g/mol. The summed E-state index contributed by atoms with van der Waals surface area (Å²) in [7, 11) is 0. The Kier molecular flexibility index (Phi) is 5.18. The minimum atomic E-state index is -0.0189. The zero-order valence-electron chi connectivity index (χ0n) is 10.7. The van der Waals surface area contributed by atoms with Crippen molar-refractivity contribution in [1.82, 2.24) is 9.80 Å². The van der Waals surface area contributed by atoms with E-state index in [9.17, 15) is 0 Å². The molecule has 0 radical (unpaired) electrons. The van der Waals surface area contributed by atoms with Crippen molar-refractivity contribution in [2.75, 3.05) is 59.1 Å². The Morgan fingerprint density at radius 3 is 2.41 bits per heavy atom. The van der Waals surface area contributed by atoms with Gasteiger partial charge in [-0.25, -0.2) is 0 Å². The number of likely N-dealkylation sites (N-methyl/N-ethyl adjacent to an activating group) is 1. The Morgan fingerprint density at radius 1 is 1.06 bits per heavy atom. The van der Waals surface area contributed by atoms with Crippen molar-refractivity contribution < 1.29 is 14.6 Å². The van der Waals surface area contributed by atoms with Crippen molar-refractivity contribution >= 4 is 0 Å². The van der Waals surface area contributed by atoms with Crippen LogP contribution in [-0.2, 0) is 9.47 Å². The molecular formula is C12H24N2O3. The molecule has 0 amide bonds. The molecule has 2 heterocycles. The van der Waals surface area contributed by atoms with Crippen LogP contribution in [0.5, 0.6) is 0 Å². The first-order valence-corrected chi connectivity index (χ1v) is 6.60. The lowest BCUT2D eigenvalue weighted by Crippen LogP contribution is -2.51. The van der Waals surface area contributed by atoms with E-state index in [1.807, 2.05) is 0 Å². The van der Waals surface area contributed by atoms with Crippen molar-refractivity contribution in [2.45, 2.75) is 19.1 Å². The van der Waals surface area contributed by atoms with E-state index in [1.165, 1.54) is 0 Å². The normalized spacial score (nSPS) is 32.8. The number of nitrogens with zero attached hydrogens (tertiary/aromatic N) is 2. The van der Waals surface area contributed by atoms with Crippen LogP contribution in [-0.4, -0.2) is 86.2 Å². The van der Waals surface area contributed by atoms with Crippen LogP contribution in [0.2, 0.25) is 0 Å². The second-order valence-electron chi connectivity index (χ2n) is 4.82. The molecule has 2 fully saturated rings. The number of ether oxygens (including phenoxy) is 2. The first-order valence-electron chi connectivity index (χ1n) is 6.60. The van der Waals surface area contributed by atoms with Crippen LogP contribution in [0.25, 0.3) is 0 Å². The van der Waals surface area contributed by atoms with Crippen molar-refractivity contribution in [3.63, 3.8) is 0 Å². The number of rotatable bonds is 4. The van der Waals surface area contributed by atoms with E-state index in [0.717, 1.165) is 52.5 Å². The molecule has 5 heteroatoms. The zero-order chi connectivity index (χ0) is 12.1. The highest BCUT2D eigenvalue weighted by atomic mass is 16.5. The van der Waals surface area contributed by atoms with Crippen LogP contribution in [0.15, 0.2) is 0 Å². The third kappa shape index (κ3) is 3.89. The minimum Gasteiger partial charge on any atom is -0.394 e. The highest BCUT2D eigenvalue weighted by molar-refractivity contribution is 4.78. The van der Waals surface area contributed by atoms with E-state index >= 15 is 0 Å². The van der Waals surface area contributed by atoms with E-state index in [-0.39, 0.29) is 12.7 Å². The third-order valence-electron chi connectivity index (χ3n) is 3.56. The van der Waals surface area contributed by atoms with Crippen molar-refractivity contribution in [1.29, 1.82) is 0 Å². The molecule has 0 aromatic rings. The van der Waals surface area contributed by atoms with Gasteiger partial charge in [-0.3, -0.25) is 9.80 Å². The summed E-state index contributed by atoms with van der Waals surface area (Å²) in [4.78, 5) is 4.77.